The van der Waals surface area contributed by atoms with E-state index in [9.17, 15) is 18.0 Å². The molecule has 0 amide bonds. The second kappa shape index (κ2) is 7.94. The van der Waals surface area contributed by atoms with E-state index in [0.29, 0.717) is 12.5 Å². The molecule has 0 spiro atoms. The lowest BCUT2D eigenvalue weighted by Crippen LogP contribution is -2.20. The Morgan fingerprint density at radius 1 is 1.19 bits per heavy atom. The average Bonchev–Trinajstić information content (AvgIpc) is 2.66. The number of nitrogens with one attached hydrogen (secondary N) is 1. The first-order valence-corrected chi connectivity index (χ1v) is 8.93. The highest BCUT2D eigenvalue weighted by molar-refractivity contribution is 6.11. The second-order valence-corrected chi connectivity index (χ2v) is 6.74. The summed E-state index contributed by atoms with van der Waals surface area (Å²) in [6.45, 7) is 0.626. The van der Waals surface area contributed by atoms with Crippen LogP contribution in [0.4, 0.5) is 24.8 Å². The quantitative estimate of drug-likeness (QED) is 0.758. The van der Waals surface area contributed by atoms with Gasteiger partial charge in [-0.05, 0) is 43.0 Å². The number of anilines is 2. The van der Waals surface area contributed by atoms with E-state index in [-0.39, 0.29) is 17.2 Å². The van der Waals surface area contributed by atoms with E-state index in [2.05, 4.69) is 15.3 Å². The Hall–Kier alpha value is -2.64. The molecule has 0 aromatic carbocycles. The topological polar surface area (TPSA) is 80.9 Å². The van der Waals surface area contributed by atoms with Crippen molar-refractivity contribution in [1.82, 2.24) is 9.97 Å². The van der Waals surface area contributed by atoms with Crippen LogP contribution < -0.4 is 11.1 Å². The van der Waals surface area contributed by atoms with Crippen molar-refractivity contribution in [3.8, 4) is 0 Å². The van der Waals surface area contributed by atoms with Crippen molar-refractivity contribution < 1.29 is 18.0 Å². The SMILES string of the molecule is Nc1ncccc1C(=O)c1nc(NCC2CCCCC2)ccc1C(F)(F)F. The van der Waals surface area contributed by atoms with Crippen LogP contribution in [0.1, 0.15) is 53.7 Å². The van der Waals surface area contributed by atoms with Gasteiger partial charge in [-0.25, -0.2) is 9.97 Å². The van der Waals surface area contributed by atoms with Gasteiger partial charge in [-0.2, -0.15) is 13.2 Å². The Kier molecular flexibility index (Phi) is 5.62. The zero-order valence-electron chi connectivity index (χ0n) is 14.7. The molecule has 5 nitrogen and oxygen atoms in total. The van der Waals surface area contributed by atoms with Gasteiger partial charge < -0.3 is 11.1 Å². The summed E-state index contributed by atoms with van der Waals surface area (Å²) in [6.07, 6.45) is 2.40. The predicted octanol–water partition coefficient (Wildman–Crippen LogP) is 4.30. The van der Waals surface area contributed by atoms with E-state index in [4.69, 9.17) is 5.73 Å². The molecule has 0 saturated heterocycles. The number of pyridine rings is 2. The molecule has 0 atom stereocenters. The Morgan fingerprint density at radius 2 is 1.93 bits per heavy atom. The maximum absolute atomic E-state index is 13.4. The number of alkyl halides is 3. The van der Waals surface area contributed by atoms with E-state index in [1.807, 2.05) is 0 Å². The first-order chi connectivity index (χ1) is 12.9. The molecule has 1 aliphatic carbocycles. The fraction of sp³-hybridized carbons (Fsp3) is 0.421. The number of hydrogen-bond donors (Lipinski definition) is 2. The van der Waals surface area contributed by atoms with Crippen molar-refractivity contribution in [2.24, 2.45) is 5.92 Å². The molecular formula is C19H21F3N4O. The molecule has 0 bridgehead atoms. The van der Waals surface area contributed by atoms with Gasteiger partial charge >= 0.3 is 6.18 Å². The molecule has 1 aliphatic rings. The average molecular weight is 378 g/mol. The smallest absolute Gasteiger partial charge is 0.383 e. The van der Waals surface area contributed by atoms with Gasteiger partial charge in [-0.15, -0.1) is 0 Å². The van der Waals surface area contributed by atoms with Gasteiger partial charge in [0.2, 0.25) is 5.78 Å². The molecule has 2 aromatic heterocycles. The summed E-state index contributed by atoms with van der Waals surface area (Å²) in [5.74, 6) is -0.303. The van der Waals surface area contributed by atoms with Crippen LogP contribution in [0.3, 0.4) is 0 Å². The summed E-state index contributed by atoms with van der Waals surface area (Å²) in [7, 11) is 0. The highest BCUT2D eigenvalue weighted by Gasteiger charge is 2.37. The van der Waals surface area contributed by atoms with Gasteiger partial charge in [0, 0.05) is 12.7 Å². The van der Waals surface area contributed by atoms with Gasteiger partial charge in [0.1, 0.15) is 17.3 Å². The Labute approximate surface area is 155 Å². The summed E-state index contributed by atoms with van der Waals surface area (Å²) < 4.78 is 40.1. The summed E-state index contributed by atoms with van der Waals surface area (Å²) >= 11 is 0. The number of nitrogen functional groups attached to an aromatic ring is 1. The molecular weight excluding hydrogens is 357 g/mol. The molecule has 8 heteroatoms. The maximum atomic E-state index is 13.4. The Balaban J connectivity index is 1.89. The normalized spacial score (nSPS) is 15.5. The van der Waals surface area contributed by atoms with E-state index in [0.717, 1.165) is 31.7 Å². The number of carbonyl (C=O) groups excluding carboxylic acids is 1. The molecule has 3 N–H and O–H groups in total. The first-order valence-electron chi connectivity index (χ1n) is 8.93. The van der Waals surface area contributed by atoms with Crippen molar-refractivity contribution in [1.29, 1.82) is 0 Å². The maximum Gasteiger partial charge on any atom is 0.418 e. The highest BCUT2D eigenvalue weighted by Crippen LogP contribution is 2.33. The van der Waals surface area contributed by atoms with Gasteiger partial charge in [0.15, 0.2) is 0 Å². The van der Waals surface area contributed by atoms with E-state index < -0.39 is 23.2 Å². The number of nitrogens with two attached hydrogens (primary N) is 1. The van der Waals surface area contributed by atoms with Gasteiger partial charge in [0.05, 0.1) is 11.1 Å². The second-order valence-electron chi connectivity index (χ2n) is 6.74. The van der Waals surface area contributed by atoms with E-state index >= 15 is 0 Å². The summed E-state index contributed by atoms with van der Waals surface area (Å²) in [5, 5.41) is 3.08. The van der Waals surface area contributed by atoms with Gasteiger partial charge in [-0.3, -0.25) is 4.79 Å². The lowest BCUT2D eigenvalue weighted by atomic mass is 9.89. The lowest BCUT2D eigenvalue weighted by molar-refractivity contribution is -0.138. The third-order valence-electron chi connectivity index (χ3n) is 4.80. The third kappa shape index (κ3) is 4.56. The minimum absolute atomic E-state index is 0.0973. The third-order valence-corrected chi connectivity index (χ3v) is 4.80. The number of hydrogen-bond acceptors (Lipinski definition) is 5. The summed E-state index contributed by atoms with van der Waals surface area (Å²) in [5.41, 5.74) is 3.80. The van der Waals surface area contributed by atoms with Crippen molar-refractivity contribution in [3.63, 3.8) is 0 Å². The molecule has 0 radical (unpaired) electrons. The van der Waals surface area contributed by atoms with Crippen LogP contribution in [-0.2, 0) is 6.18 Å². The number of nitrogens with zero attached hydrogens (tertiary/aromatic N) is 2. The van der Waals surface area contributed by atoms with Gasteiger partial charge in [-0.1, -0.05) is 19.3 Å². The molecule has 27 heavy (non-hydrogen) atoms. The van der Waals surface area contributed by atoms with Crippen LogP contribution in [0.25, 0.3) is 0 Å². The first kappa shape index (κ1) is 19.1. The summed E-state index contributed by atoms with van der Waals surface area (Å²) in [4.78, 5) is 20.4. The van der Waals surface area contributed by atoms with Crippen LogP contribution in [0.2, 0.25) is 0 Å². The standard InChI is InChI=1S/C19H21F3N4O/c20-19(21,22)14-8-9-15(25-11-12-5-2-1-3-6-12)26-16(14)17(27)13-7-4-10-24-18(13)23/h4,7-10,12H,1-3,5-6,11H2,(H2,23,24)(H,25,26). The number of carbonyl (C=O) groups is 1. The Bertz CT molecular complexity index is 817. The number of aromatic nitrogens is 2. The summed E-state index contributed by atoms with van der Waals surface area (Å²) in [6, 6.07) is 4.93. The minimum Gasteiger partial charge on any atom is -0.383 e. The van der Waals surface area contributed by atoms with Crippen molar-refractivity contribution in [2.75, 3.05) is 17.6 Å². The van der Waals surface area contributed by atoms with Crippen LogP contribution in [-0.4, -0.2) is 22.3 Å². The van der Waals surface area contributed by atoms with Crippen molar-refractivity contribution >= 4 is 17.4 Å². The monoisotopic (exact) mass is 378 g/mol. The van der Waals surface area contributed by atoms with Crippen LogP contribution in [0.5, 0.6) is 0 Å². The van der Waals surface area contributed by atoms with Crippen molar-refractivity contribution in [3.05, 3.63) is 47.3 Å². The fourth-order valence-electron chi connectivity index (χ4n) is 3.34. The van der Waals surface area contributed by atoms with E-state index in [1.165, 1.54) is 30.8 Å². The molecule has 2 heterocycles. The van der Waals surface area contributed by atoms with Crippen molar-refractivity contribution in [2.45, 2.75) is 38.3 Å². The zero-order chi connectivity index (χ0) is 19.4. The number of rotatable bonds is 5. The zero-order valence-corrected chi connectivity index (χ0v) is 14.7. The highest BCUT2D eigenvalue weighted by atomic mass is 19.4. The molecule has 1 fully saturated rings. The predicted molar refractivity (Wildman–Crippen MR) is 96.4 cm³/mol. The molecule has 1 saturated carbocycles. The molecule has 144 valence electrons. The van der Waals surface area contributed by atoms with Crippen LogP contribution in [0.15, 0.2) is 30.5 Å². The van der Waals surface area contributed by atoms with Gasteiger partial charge in [0.25, 0.3) is 0 Å². The van der Waals surface area contributed by atoms with Crippen LogP contribution in [0, 0.1) is 5.92 Å². The lowest BCUT2D eigenvalue weighted by Gasteiger charge is -2.22. The number of ketones is 1. The minimum atomic E-state index is -4.70. The largest absolute Gasteiger partial charge is 0.418 e. The molecule has 0 unspecified atom stereocenters. The molecule has 0 aliphatic heterocycles. The fourth-order valence-corrected chi connectivity index (χ4v) is 3.34. The van der Waals surface area contributed by atoms with Crippen LogP contribution >= 0.6 is 0 Å². The molecule has 2 aromatic rings. The number of halogens is 3. The molecule has 3 rings (SSSR count). The Morgan fingerprint density at radius 3 is 2.59 bits per heavy atom. The van der Waals surface area contributed by atoms with E-state index in [1.54, 1.807) is 0 Å².